The lowest BCUT2D eigenvalue weighted by Crippen LogP contribution is -2.60. The number of rotatable bonds is 6. The van der Waals surface area contributed by atoms with Crippen LogP contribution < -0.4 is 9.64 Å². The number of fused-ring (bicyclic) bond motifs is 1. The maximum atomic E-state index is 14.0. The molecule has 5 heterocycles. The van der Waals surface area contributed by atoms with Crippen LogP contribution in [0.4, 0.5) is 23.9 Å². The third kappa shape index (κ3) is 5.72. The van der Waals surface area contributed by atoms with Gasteiger partial charge in [0.2, 0.25) is 5.95 Å². The Hall–Kier alpha value is -5.21. The van der Waals surface area contributed by atoms with Crippen molar-refractivity contribution < 1.29 is 32.6 Å². The number of ketones is 1. The van der Waals surface area contributed by atoms with Crippen LogP contribution in [-0.2, 0) is 19.8 Å². The molecule has 4 aromatic rings. The van der Waals surface area contributed by atoms with E-state index in [9.17, 15) is 27.9 Å². The highest BCUT2D eigenvalue weighted by molar-refractivity contribution is 6.15. The fourth-order valence-electron chi connectivity index (χ4n) is 5.45. The monoisotopic (exact) mass is 622 g/mol. The first-order chi connectivity index (χ1) is 21.3. The summed E-state index contributed by atoms with van der Waals surface area (Å²) in [7, 11) is 2.91. The fourth-order valence-corrected chi connectivity index (χ4v) is 5.45. The van der Waals surface area contributed by atoms with Gasteiger partial charge in [-0.2, -0.15) is 18.3 Å². The number of nitrogens with zero attached hydrogens (tertiary/aromatic N) is 8. The average molecular weight is 623 g/mol. The Balaban J connectivity index is 1.38. The molecule has 0 bridgehead atoms. The Morgan fingerprint density at radius 1 is 1.16 bits per heavy atom. The van der Waals surface area contributed by atoms with Gasteiger partial charge in [0.25, 0.3) is 0 Å². The number of amides is 1. The Bertz CT molecular complexity index is 1860. The summed E-state index contributed by atoms with van der Waals surface area (Å²) in [5, 5.41) is 12.9. The standard InChI is InChI=1S/C30H29F3N8O4/c1-16-7-20(36-28(35-16)41-12-21(13-41)39(4)29(43)44)10-19-15-45-26-22(24-14-38(3)37-27(24)30(31,32)33)8-18(9-23(26)25(19)42)11-40-6-5-34-17(40)2/h5-10,14,21H,11-13,15H2,1-4H3,(H,43,44). The maximum absolute atomic E-state index is 14.0. The largest absolute Gasteiger partial charge is 0.487 e. The highest BCUT2D eigenvalue weighted by Gasteiger charge is 2.39. The van der Waals surface area contributed by atoms with E-state index in [4.69, 9.17) is 4.74 Å². The molecule has 15 heteroatoms. The number of carboxylic acid groups (broad SMARTS) is 1. The highest BCUT2D eigenvalue weighted by atomic mass is 19.4. The molecule has 0 spiro atoms. The lowest BCUT2D eigenvalue weighted by Gasteiger charge is -2.42. The molecule has 0 aliphatic carbocycles. The second kappa shape index (κ2) is 11.1. The van der Waals surface area contributed by atoms with E-state index in [2.05, 4.69) is 20.1 Å². The Kier molecular flexibility index (Phi) is 7.33. The van der Waals surface area contributed by atoms with E-state index in [1.165, 1.54) is 25.2 Å². The van der Waals surface area contributed by atoms with E-state index in [1.807, 2.05) is 9.47 Å². The van der Waals surface area contributed by atoms with Crippen LogP contribution >= 0.6 is 0 Å². The summed E-state index contributed by atoms with van der Waals surface area (Å²) in [5.74, 6) is 0.755. The number of hydrogen-bond acceptors (Lipinski definition) is 8. The molecule has 1 saturated heterocycles. The molecule has 1 N–H and O–H groups in total. The molecule has 6 rings (SSSR count). The van der Waals surface area contributed by atoms with Crippen LogP contribution in [0.3, 0.4) is 0 Å². The predicted molar refractivity (Wildman–Crippen MR) is 156 cm³/mol. The number of anilines is 1. The van der Waals surface area contributed by atoms with Crippen molar-refractivity contribution in [1.29, 1.82) is 0 Å². The number of Topliss-reactive ketones (excluding diaryl/α,β-unsaturated/α-hetero) is 1. The zero-order chi connectivity index (χ0) is 32.2. The van der Waals surface area contributed by atoms with Gasteiger partial charge in [0.1, 0.15) is 18.2 Å². The first-order valence-corrected chi connectivity index (χ1v) is 14.0. The quantitative estimate of drug-likeness (QED) is 0.314. The second-order valence-electron chi connectivity index (χ2n) is 11.2. The lowest BCUT2D eigenvalue weighted by molar-refractivity contribution is -0.141. The molecule has 0 unspecified atom stereocenters. The summed E-state index contributed by atoms with van der Waals surface area (Å²) in [5.41, 5.74) is 0.912. The number of alkyl halides is 3. The van der Waals surface area contributed by atoms with Crippen LogP contribution in [0.15, 0.2) is 42.4 Å². The van der Waals surface area contributed by atoms with E-state index in [0.29, 0.717) is 41.8 Å². The van der Waals surface area contributed by atoms with Crippen molar-refractivity contribution in [3.8, 4) is 16.9 Å². The number of halogens is 3. The Labute approximate surface area is 255 Å². The van der Waals surface area contributed by atoms with Crippen LogP contribution in [0.2, 0.25) is 0 Å². The predicted octanol–water partition coefficient (Wildman–Crippen LogP) is 4.21. The minimum atomic E-state index is -4.73. The fraction of sp³-hybridized carbons (Fsp3) is 0.333. The van der Waals surface area contributed by atoms with Gasteiger partial charge in [0, 0.05) is 74.7 Å². The van der Waals surface area contributed by atoms with Crippen molar-refractivity contribution in [2.45, 2.75) is 32.6 Å². The number of likely N-dealkylation sites (N-methyl/N-ethyl adjacent to an activating group) is 1. The van der Waals surface area contributed by atoms with Crippen LogP contribution in [0.25, 0.3) is 17.2 Å². The van der Waals surface area contributed by atoms with Gasteiger partial charge in [-0.25, -0.2) is 19.7 Å². The number of imidazole rings is 1. The summed E-state index contributed by atoms with van der Waals surface area (Å²) >= 11 is 0. The topological polar surface area (TPSA) is 132 Å². The van der Waals surface area contributed by atoms with Crippen molar-refractivity contribution in [3.05, 3.63) is 76.4 Å². The molecule has 1 fully saturated rings. The molecular formula is C30H29F3N8O4. The van der Waals surface area contributed by atoms with E-state index in [-0.39, 0.29) is 47.2 Å². The van der Waals surface area contributed by atoms with Gasteiger partial charge in [-0.3, -0.25) is 9.48 Å². The van der Waals surface area contributed by atoms with Crippen molar-refractivity contribution in [2.75, 3.05) is 31.6 Å². The van der Waals surface area contributed by atoms with Crippen molar-refractivity contribution >= 4 is 23.9 Å². The summed E-state index contributed by atoms with van der Waals surface area (Å²) in [6.07, 6.45) is 0.474. The third-order valence-corrected chi connectivity index (χ3v) is 7.90. The highest BCUT2D eigenvalue weighted by Crippen LogP contribution is 2.43. The second-order valence-corrected chi connectivity index (χ2v) is 11.2. The Morgan fingerprint density at radius 2 is 1.89 bits per heavy atom. The Morgan fingerprint density at radius 3 is 2.56 bits per heavy atom. The maximum Gasteiger partial charge on any atom is 0.435 e. The minimum absolute atomic E-state index is 0.0514. The molecule has 2 aliphatic heterocycles. The summed E-state index contributed by atoms with van der Waals surface area (Å²) in [6.45, 7) is 4.52. The molecule has 12 nitrogen and oxygen atoms in total. The van der Waals surface area contributed by atoms with Crippen molar-refractivity contribution in [2.24, 2.45) is 7.05 Å². The molecule has 45 heavy (non-hydrogen) atoms. The normalized spacial score (nSPS) is 16.0. The van der Waals surface area contributed by atoms with E-state index >= 15 is 0 Å². The van der Waals surface area contributed by atoms with Crippen molar-refractivity contribution in [3.63, 3.8) is 0 Å². The minimum Gasteiger partial charge on any atom is -0.487 e. The molecule has 1 amide bonds. The third-order valence-electron chi connectivity index (χ3n) is 7.90. The van der Waals surface area contributed by atoms with Gasteiger partial charge in [-0.1, -0.05) is 0 Å². The first kappa shape index (κ1) is 29.8. The number of hydrogen-bond donors (Lipinski definition) is 1. The van der Waals surface area contributed by atoms with Gasteiger partial charge in [0.05, 0.1) is 17.3 Å². The molecule has 0 atom stereocenters. The molecule has 0 saturated carbocycles. The van der Waals surface area contributed by atoms with Crippen molar-refractivity contribution in [1.82, 2.24) is 34.2 Å². The zero-order valence-corrected chi connectivity index (χ0v) is 24.8. The number of carbonyl (C=O) groups is 2. The molecule has 1 aromatic carbocycles. The lowest BCUT2D eigenvalue weighted by atomic mass is 9.91. The molecule has 234 valence electrons. The molecule has 3 aromatic heterocycles. The van der Waals surface area contributed by atoms with Crippen LogP contribution in [0, 0.1) is 13.8 Å². The first-order valence-electron chi connectivity index (χ1n) is 14.0. The number of aromatic nitrogens is 6. The van der Waals surface area contributed by atoms with Gasteiger partial charge in [-0.15, -0.1) is 0 Å². The van der Waals surface area contributed by atoms with Crippen LogP contribution in [0.5, 0.6) is 5.75 Å². The van der Waals surface area contributed by atoms with E-state index in [1.54, 1.807) is 50.5 Å². The number of benzene rings is 1. The SMILES string of the molecule is Cc1cc(C=C2COc3c(cc(Cn4ccnc4C)cc3-c3cn(C)nc3C(F)(F)F)C2=O)nc(N2CC(N(C)C(=O)O)C2)n1. The summed E-state index contributed by atoms with van der Waals surface area (Å²) in [6, 6.07) is 4.74. The average Bonchev–Trinajstić information content (AvgIpc) is 3.53. The van der Waals surface area contributed by atoms with Gasteiger partial charge in [-0.05, 0) is 43.7 Å². The summed E-state index contributed by atoms with van der Waals surface area (Å²) < 4.78 is 51.0. The zero-order valence-electron chi connectivity index (χ0n) is 24.8. The smallest absolute Gasteiger partial charge is 0.435 e. The molecule has 2 aliphatic rings. The number of carbonyl (C=O) groups excluding carboxylic acids is 1. The van der Waals surface area contributed by atoms with E-state index in [0.717, 1.165) is 4.68 Å². The van der Waals surface area contributed by atoms with Crippen LogP contribution in [0.1, 0.15) is 38.8 Å². The molecule has 0 radical (unpaired) electrons. The van der Waals surface area contributed by atoms with E-state index < -0.39 is 23.7 Å². The van der Waals surface area contributed by atoms with Gasteiger partial charge >= 0.3 is 12.3 Å². The summed E-state index contributed by atoms with van der Waals surface area (Å²) in [4.78, 5) is 41.6. The van der Waals surface area contributed by atoms with Gasteiger partial charge < -0.3 is 24.2 Å². The number of aryl methyl sites for hydroxylation is 3. The van der Waals surface area contributed by atoms with Crippen LogP contribution in [-0.4, -0.2) is 84.0 Å². The molecular weight excluding hydrogens is 593 g/mol. The number of ether oxygens (including phenoxy) is 1. The van der Waals surface area contributed by atoms with Gasteiger partial charge in [0.15, 0.2) is 11.5 Å².